The molecule has 0 bridgehead atoms. The van der Waals surface area contributed by atoms with Crippen molar-refractivity contribution in [1.82, 2.24) is 0 Å². The summed E-state index contributed by atoms with van der Waals surface area (Å²) in [4.78, 5) is 34.7. The van der Waals surface area contributed by atoms with Gasteiger partial charge in [-0.15, -0.1) is 0 Å². The van der Waals surface area contributed by atoms with Crippen molar-refractivity contribution >= 4 is 17.3 Å². The van der Waals surface area contributed by atoms with Crippen LogP contribution in [0.2, 0.25) is 0 Å². The largest absolute Gasteiger partial charge is 0.394 e. The van der Waals surface area contributed by atoms with Gasteiger partial charge < -0.3 is 19.7 Å². The summed E-state index contributed by atoms with van der Waals surface area (Å²) in [5.74, 6) is 0.874. The predicted molar refractivity (Wildman–Crippen MR) is 136 cm³/mol. The van der Waals surface area contributed by atoms with Crippen LogP contribution in [0.25, 0.3) is 0 Å². The maximum atomic E-state index is 11.9. The van der Waals surface area contributed by atoms with Gasteiger partial charge in [0, 0.05) is 37.5 Å². The predicted octanol–water partition coefficient (Wildman–Crippen LogP) is 3.91. The number of aliphatic hydroxyl groups is 2. The van der Waals surface area contributed by atoms with Crippen molar-refractivity contribution in [3.8, 4) is 0 Å². The van der Waals surface area contributed by atoms with E-state index >= 15 is 0 Å². The SMILES string of the molecule is C.C.C[C@@H]1CC(=O)CC2C(=O)C=C[C@]21C.C[C@@H]1CC2(CC3C(=O)C=C[C@]31C)OCCO2.OCCO. The van der Waals surface area contributed by atoms with E-state index in [1.807, 2.05) is 6.08 Å². The third-order valence-corrected chi connectivity index (χ3v) is 8.54. The van der Waals surface area contributed by atoms with Gasteiger partial charge in [-0.05, 0) is 34.8 Å². The molecule has 2 unspecified atom stereocenters. The number of allylic oxidation sites excluding steroid dienone is 4. The minimum absolute atomic E-state index is 0. The molecule has 2 N–H and O–H groups in total. The third-order valence-electron chi connectivity index (χ3n) is 8.54. The summed E-state index contributed by atoms with van der Waals surface area (Å²) < 4.78 is 11.5. The standard InChI is InChI=1S/C13H18O3.C11H14O2.C2H6O2.2CH4/c1-9-7-13(15-5-6-16-13)8-10-11(14)3-4-12(9,10)2;1-7-5-8(12)6-9-10(13)3-4-11(7,9)2;3-1-2-4;;/h3-4,9-10H,5-8H2,1-2H3;3-4,7,9H,5-6H2,1-2H3;3-4H,1-2H2;2*1H4/t9-,10?,12+;7-,9?,11+;;;/m11.../s1. The number of aliphatic hydroxyl groups excluding tert-OH is 2. The molecule has 0 aromatic rings. The Bertz CT molecular complexity index is 823. The second-order valence-electron chi connectivity index (χ2n) is 10.5. The number of ketones is 3. The molecule has 3 fully saturated rings. The van der Waals surface area contributed by atoms with Gasteiger partial charge in [-0.2, -0.15) is 0 Å². The van der Waals surface area contributed by atoms with Gasteiger partial charge in [-0.25, -0.2) is 0 Å². The van der Waals surface area contributed by atoms with Gasteiger partial charge in [0.15, 0.2) is 17.4 Å². The zero-order chi connectivity index (χ0) is 24.4. The molecule has 200 valence electrons. The van der Waals surface area contributed by atoms with Crippen LogP contribution in [0.15, 0.2) is 24.3 Å². The van der Waals surface area contributed by atoms with E-state index in [9.17, 15) is 14.4 Å². The first-order valence-electron chi connectivity index (χ1n) is 12.0. The Morgan fingerprint density at radius 2 is 1.29 bits per heavy atom. The Kier molecular flexibility index (Phi) is 10.8. The summed E-state index contributed by atoms with van der Waals surface area (Å²) in [5, 5.41) is 15.2. The van der Waals surface area contributed by atoms with Crippen molar-refractivity contribution in [1.29, 1.82) is 0 Å². The van der Waals surface area contributed by atoms with Gasteiger partial charge >= 0.3 is 0 Å². The molecule has 4 aliphatic carbocycles. The van der Waals surface area contributed by atoms with Gasteiger partial charge in [0.25, 0.3) is 0 Å². The van der Waals surface area contributed by atoms with Gasteiger partial charge in [0.2, 0.25) is 0 Å². The maximum absolute atomic E-state index is 11.9. The first-order chi connectivity index (χ1) is 15.5. The maximum Gasteiger partial charge on any atom is 0.169 e. The number of carbonyl (C=O) groups excluding carboxylic acids is 3. The first-order valence-corrected chi connectivity index (χ1v) is 12.0. The van der Waals surface area contributed by atoms with Crippen LogP contribution >= 0.6 is 0 Å². The van der Waals surface area contributed by atoms with Crippen LogP contribution in [0.5, 0.6) is 0 Å². The average molecular weight is 495 g/mol. The molecule has 0 aromatic heterocycles. The molecule has 0 aromatic carbocycles. The van der Waals surface area contributed by atoms with E-state index in [4.69, 9.17) is 19.7 Å². The summed E-state index contributed by atoms with van der Waals surface area (Å²) in [7, 11) is 0. The van der Waals surface area contributed by atoms with Crippen molar-refractivity contribution < 1.29 is 34.1 Å². The Morgan fingerprint density at radius 1 is 0.800 bits per heavy atom. The molecular formula is C28H46O7. The molecule has 2 saturated carbocycles. The van der Waals surface area contributed by atoms with Crippen molar-refractivity contribution in [3.63, 3.8) is 0 Å². The Morgan fingerprint density at radius 3 is 1.80 bits per heavy atom. The highest BCUT2D eigenvalue weighted by atomic mass is 16.7. The van der Waals surface area contributed by atoms with Crippen LogP contribution in [-0.4, -0.2) is 59.8 Å². The highest BCUT2D eigenvalue weighted by Crippen LogP contribution is 2.55. The second kappa shape index (κ2) is 12.0. The molecule has 6 atom stereocenters. The van der Waals surface area contributed by atoms with E-state index in [-0.39, 0.29) is 68.1 Å². The van der Waals surface area contributed by atoms with Crippen LogP contribution in [0.1, 0.15) is 68.2 Å². The lowest BCUT2D eigenvalue weighted by atomic mass is 9.61. The van der Waals surface area contributed by atoms with E-state index in [1.54, 1.807) is 12.2 Å². The van der Waals surface area contributed by atoms with Crippen LogP contribution in [0.4, 0.5) is 0 Å². The second-order valence-corrected chi connectivity index (χ2v) is 10.5. The Hall–Kier alpha value is -1.67. The summed E-state index contributed by atoms with van der Waals surface area (Å²) in [6.07, 6.45) is 10.2. The van der Waals surface area contributed by atoms with Crippen LogP contribution in [0.3, 0.4) is 0 Å². The van der Waals surface area contributed by atoms with E-state index in [2.05, 4.69) is 33.8 Å². The zero-order valence-corrected chi connectivity index (χ0v) is 20.2. The summed E-state index contributed by atoms with van der Waals surface area (Å²) >= 11 is 0. The molecule has 0 radical (unpaired) electrons. The number of hydrogen-bond donors (Lipinski definition) is 2. The van der Waals surface area contributed by atoms with E-state index < -0.39 is 5.79 Å². The molecule has 5 rings (SSSR count). The zero-order valence-electron chi connectivity index (χ0n) is 20.2. The van der Waals surface area contributed by atoms with Gasteiger partial charge in [-0.3, -0.25) is 14.4 Å². The molecular weight excluding hydrogens is 448 g/mol. The molecule has 1 heterocycles. The summed E-state index contributed by atoms with van der Waals surface area (Å²) in [6, 6.07) is 0. The summed E-state index contributed by atoms with van der Waals surface area (Å²) in [5.41, 5.74) is -0.0391. The fourth-order valence-electron chi connectivity index (χ4n) is 5.94. The van der Waals surface area contributed by atoms with Crippen LogP contribution in [0, 0.1) is 34.5 Å². The minimum Gasteiger partial charge on any atom is -0.394 e. The third kappa shape index (κ3) is 6.01. The number of rotatable bonds is 1. The molecule has 5 aliphatic rings. The van der Waals surface area contributed by atoms with Crippen LogP contribution in [-0.2, 0) is 23.9 Å². The summed E-state index contributed by atoms with van der Waals surface area (Å²) in [6.45, 7) is 9.62. The normalized spacial score (nSPS) is 37.8. The van der Waals surface area contributed by atoms with Crippen molar-refractivity contribution in [3.05, 3.63) is 24.3 Å². The molecule has 1 spiro atoms. The molecule has 1 saturated heterocycles. The topological polar surface area (TPSA) is 110 Å². The molecule has 7 heteroatoms. The lowest BCUT2D eigenvalue weighted by Gasteiger charge is -2.47. The van der Waals surface area contributed by atoms with Crippen LogP contribution < -0.4 is 0 Å². The van der Waals surface area contributed by atoms with Gasteiger partial charge in [-0.1, -0.05) is 54.7 Å². The molecule has 0 amide bonds. The number of hydrogen-bond acceptors (Lipinski definition) is 7. The van der Waals surface area contributed by atoms with E-state index in [0.29, 0.717) is 37.9 Å². The molecule has 1 aliphatic heterocycles. The van der Waals surface area contributed by atoms with E-state index in [0.717, 1.165) is 12.8 Å². The monoisotopic (exact) mass is 494 g/mol. The fourth-order valence-corrected chi connectivity index (χ4v) is 5.94. The number of fused-ring (bicyclic) bond motifs is 2. The number of ether oxygens (including phenoxy) is 2. The number of carbonyl (C=O) groups is 3. The van der Waals surface area contributed by atoms with Crippen molar-refractivity contribution in [2.75, 3.05) is 26.4 Å². The average Bonchev–Trinajstić information content (AvgIpc) is 3.44. The highest BCUT2D eigenvalue weighted by molar-refractivity contribution is 5.99. The van der Waals surface area contributed by atoms with E-state index in [1.165, 1.54) is 0 Å². The van der Waals surface area contributed by atoms with Crippen molar-refractivity contribution in [2.24, 2.45) is 34.5 Å². The Balaban J connectivity index is 0.000000294. The number of Topliss-reactive ketones (excluding diaryl/α,β-unsaturated/α-hetero) is 1. The fraction of sp³-hybridized carbons (Fsp3) is 0.750. The molecule has 35 heavy (non-hydrogen) atoms. The minimum atomic E-state index is -0.467. The molecule has 7 nitrogen and oxygen atoms in total. The lowest BCUT2D eigenvalue weighted by Crippen LogP contribution is -2.49. The quantitative estimate of drug-likeness (QED) is 0.569. The first kappa shape index (κ1) is 31.4. The van der Waals surface area contributed by atoms with Gasteiger partial charge in [0.1, 0.15) is 5.78 Å². The lowest BCUT2D eigenvalue weighted by molar-refractivity contribution is -0.212. The van der Waals surface area contributed by atoms with Gasteiger partial charge in [0.05, 0.1) is 26.4 Å². The Labute approximate surface area is 211 Å². The highest BCUT2D eigenvalue weighted by Gasteiger charge is 2.56. The smallest absolute Gasteiger partial charge is 0.169 e. The van der Waals surface area contributed by atoms with Crippen molar-refractivity contribution in [2.45, 2.75) is 74.0 Å².